The molecular weight excluding hydrogens is 274 g/mol. The molecule has 0 aliphatic rings. The highest BCUT2D eigenvalue weighted by molar-refractivity contribution is 7.89. The second-order valence-electron chi connectivity index (χ2n) is 6.19. The van der Waals surface area contributed by atoms with Crippen LogP contribution in [0.2, 0.25) is 0 Å². The van der Waals surface area contributed by atoms with Gasteiger partial charge in [-0.25, -0.2) is 13.1 Å². The lowest BCUT2D eigenvalue weighted by Gasteiger charge is -2.27. The Bertz CT molecular complexity index is 541. The van der Waals surface area contributed by atoms with Crippen molar-refractivity contribution in [3.63, 3.8) is 0 Å². The topological polar surface area (TPSA) is 63.1 Å². The first-order valence-electron chi connectivity index (χ1n) is 6.97. The predicted molar refractivity (Wildman–Crippen MR) is 82.1 cm³/mol. The van der Waals surface area contributed by atoms with Crippen LogP contribution in [0, 0.1) is 5.41 Å². The van der Waals surface area contributed by atoms with E-state index in [1.54, 1.807) is 12.3 Å². The van der Waals surface area contributed by atoms with E-state index in [0.717, 1.165) is 12.2 Å². The smallest absolute Gasteiger partial charge is 0.242 e. The summed E-state index contributed by atoms with van der Waals surface area (Å²) < 4.78 is 29.6. The molecular formula is C14H27N3O2S. The lowest BCUT2D eigenvalue weighted by atomic mass is 9.89. The summed E-state index contributed by atoms with van der Waals surface area (Å²) in [5.41, 5.74) is 0.854. The lowest BCUT2D eigenvalue weighted by Crippen LogP contribution is -2.41. The minimum absolute atomic E-state index is 0.117. The van der Waals surface area contributed by atoms with Crippen molar-refractivity contribution in [1.29, 1.82) is 0 Å². The fourth-order valence-corrected chi connectivity index (χ4v) is 3.29. The van der Waals surface area contributed by atoms with Crippen LogP contribution in [0.1, 0.15) is 40.3 Å². The summed E-state index contributed by atoms with van der Waals surface area (Å²) in [7, 11) is -1.62. The number of hydrogen-bond acceptors (Lipinski definition) is 3. The average Bonchev–Trinajstić information content (AvgIpc) is 2.71. The molecule has 1 aromatic rings. The third-order valence-electron chi connectivity index (χ3n) is 3.60. The van der Waals surface area contributed by atoms with Crippen molar-refractivity contribution in [1.82, 2.24) is 14.6 Å². The number of sulfonamides is 1. The lowest BCUT2D eigenvalue weighted by molar-refractivity contribution is 0.317. The number of aromatic nitrogens is 1. The van der Waals surface area contributed by atoms with Crippen LogP contribution in [0.15, 0.2) is 17.2 Å². The van der Waals surface area contributed by atoms with Gasteiger partial charge in [0.15, 0.2) is 0 Å². The highest BCUT2D eigenvalue weighted by Crippen LogP contribution is 2.22. The summed E-state index contributed by atoms with van der Waals surface area (Å²) in [4.78, 5) is 0.334. The molecule has 0 aliphatic heterocycles. The van der Waals surface area contributed by atoms with E-state index in [2.05, 4.69) is 10.0 Å². The third kappa shape index (κ3) is 4.07. The predicted octanol–water partition coefficient (Wildman–Crippen LogP) is 1.94. The van der Waals surface area contributed by atoms with Crippen LogP contribution in [0.4, 0.5) is 0 Å². The molecule has 1 aromatic heterocycles. The molecule has 20 heavy (non-hydrogen) atoms. The van der Waals surface area contributed by atoms with Crippen LogP contribution in [-0.4, -0.2) is 26.1 Å². The fraction of sp³-hybridized carbons (Fsp3) is 0.714. The monoisotopic (exact) mass is 301 g/mol. The van der Waals surface area contributed by atoms with Crippen molar-refractivity contribution >= 4 is 10.0 Å². The van der Waals surface area contributed by atoms with E-state index in [4.69, 9.17) is 0 Å². The first-order chi connectivity index (χ1) is 9.11. The molecule has 0 saturated carbocycles. The Morgan fingerprint density at radius 2 is 1.95 bits per heavy atom. The molecule has 0 spiro atoms. The normalized spacial score (nSPS) is 14.5. The molecule has 2 N–H and O–H groups in total. The van der Waals surface area contributed by atoms with Gasteiger partial charge in [0.1, 0.15) is 0 Å². The Balaban J connectivity index is 3.04. The van der Waals surface area contributed by atoms with Gasteiger partial charge in [-0.05, 0) is 32.4 Å². The Kier molecular flexibility index (Phi) is 5.40. The van der Waals surface area contributed by atoms with Crippen molar-refractivity contribution in [2.45, 2.75) is 58.6 Å². The van der Waals surface area contributed by atoms with Gasteiger partial charge in [0.25, 0.3) is 0 Å². The number of hydrogen-bond donors (Lipinski definition) is 2. The number of rotatable bonds is 6. The van der Waals surface area contributed by atoms with Gasteiger partial charge in [-0.1, -0.05) is 20.8 Å². The van der Waals surface area contributed by atoms with Crippen LogP contribution in [-0.2, 0) is 23.1 Å². The summed E-state index contributed by atoms with van der Waals surface area (Å²) >= 11 is 0. The molecule has 0 fully saturated rings. The molecule has 1 unspecified atom stereocenters. The van der Waals surface area contributed by atoms with Gasteiger partial charge in [0.2, 0.25) is 10.0 Å². The van der Waals surface area contributed by atoms with Gasteiger partial charge in [-0.15, -0.1) is 0 Å². The van der Waals surface area contributed by atoms with Crippen LogP contribution in [0.3, 0.4) is 0 Å². The van der Waals surface area contributed by atoms with Crippen molar-refractivity contribution in [2.75, 3.05) is 7.05 Å². The minimum Gasteiger partial charge on any atom is -0.349 e. The summed E-state index contributed by atoms with van der Waals surface area (Å²) in [5, 5.41) is 3.05. The molecule has 0 saturated heterocycles. The third-order valence-corrected chi connectivity index (χ3v) is 5.11. The van der Waals surface area contributed by atoms with Crippen LogP contribution in [0.5, 0.6) is 0 Å². The Morgan fingerprint density at radius 1 is 1.35 bits per heavy atom. The van der Waals surface area contributed by atoms with E-state index in [1.165, 1.54) is 0 Å². The van der Waals surface area contributed by atoms with Gasteiger partial charge < -0.3 is 9.88 Å². The molecule has 5 nitrogen and oxygen atoms in total. The second kappa shape index (κ2) is 6.28. The quantitative estimate of drug-likeness (QED) is 0.844. The second-order valence-corrected chi connectivity index (χ2v) is 7.91. The first kappa shape index (κ1) is 17.2. The molecule has 1 heterocycles. The van der Waals surface area contributed by atoms with Crippen molar-refractivity contribution in [2.24, 2.45) is 5.41 Å². The standard InChI is InChI=1S/C14H27N3O2S/c1-7-17-10-13(8-12(17)9-15-6)20(18,19)16-11(2)14(3,4)5/h8,10-11,15-16H,7,9H2,1-6H3. The molecule has 1 atom stereocenters. The average molecular weight is 301 g/mol. The van der Waals surface area contributed by atoms with Crippen LogP contribution in [0.25, 0.3) is 0 Å². The first-order valence-corrected chi connectivity index (χ1v) is 8.46. The Morgan fingerprint density at radius 3 is 2.40 bits per heavy atom. The maximum absolute atomic E-state index is 12.4. The van der Waals surface area contributed by atoms with Crippen LogP contribution >= 0.6 is 0 Å². The molecule has 0 radical (unpaired) electrons. The Labute approximate surface area is 122 Å². The molecule has 0 amide bonds. The zero-order valence-electron chi connectivity index (χ0n) is 13.3. The van der Waals surface area contributed by atoms with Crippen molar-refractivity contribution in [3.05, 3.63) is 18.0 Å². The van der Waals surface area contributed by atoms with Crippen molar-refractivity contribution < 1.29 is 8.42 Å². The maximum atomic E-state index is 12.4. The SMILES string of the molecule is CCn1cc(S(=O)(=O)NC(C)C(C)(C)C)cc1CNC. The number of aryl methyl sites for hydroxylation is 1. The van der Waals surface area contributed by atoms with Crippen molar-refractivity contribution in [3.8, 4) is 0 Å². The number of nitrogens with one attached hydrogen (secondary N) is 2. The highest BCUT2D eigenvalue weighted by atomic mass is 32.2. The highest BCUT2D eigenvalue weighted by Gasteiger charge is 2.27. The fourth-order valence-electron chi connectivity index (χ4n) is 1.77. The maximum Gasteiger partial charge on any atom is 0.242 e. The summed E-state index contributed by atoms with van der Waals surface area (Å²) in [6.45, 7) is 11.3. The van der Waals surface area contributed by atoms with E-state index in [0.29, 0.717) is 11.4 Å². The summed E-state index contributed by atoms with van der Waals surface area (Å²) in [6, 6.07) is 1.60. The van der Waals surface area contributed by atoms with Gasteiger partial charge >= 0.3 is 0 Å². The van der Waals surface area contributed by atoms with Gasteiger partial charge in [0, 0.05) is 31.0 Å². The van der Waals surface area contributed by atoms with E-state index in [1.807, 2.05) is 46.2 Å². The molecule has 0 aliphatic carbocycles. The largest absolute Gasteiger partial charge is 0.349 e. The van der Waals surface area contributed by atoms with Gasteiger partial charge in [-0.3, -0.25) is 0 Å². The molecule has 1 rings (SSSR count). The zero-order chi connectivity index (χ0) is 15.6. The molecule has 116 valence electrons. The zero-order valence-corrected chi connectivity index (χ0v) is 14.1. The molecule has 6 heteroatoms. The van der Waals surface area contributed by atoms with E-state index in [-0.39, 0.29) is 11.5 Å². The minimum atomic E-state index is -3.47. The van der Waals surface area contributed by atoms with E-state index in [9.17, 15) is 8.42 Å². The Hall–Kier alpha value is -0.850. The summed E-state index contributed by atoms with van der Waals surface area (Å²) in [6.07, 6.45) is 1.70. The molecule has 0 bridgehead atoms. The van der Waals surface area contributed by atoms with Crippen LogP contribution < -0.4 is 10.0 Å². The van der Waals surface area contributed by atoms with Gasteiger partial charge in [-0.2, -0.15) is 0 Å². The van der Waals surface area contributed by atoms with Gasteiger partial charge in [0.05, 0.1) is 4.90 Å². The molecule has 0 aromatic carbocycles. The van der Waals surface area contributed by atoms with E-state index >= 15 is 0 Å². The summed E-state index contributed by atoms with van der Waals surface area (Å²) in [5.74, 6) is 0. The number of nitrogens with zero attached hydrogens (tertiary/aromatic N) is 1. The van der Waals surface area contributed by atoms with E-state index < -0.39 is 10.0 Å².